The number of unbranched alkanes of at least 4 members (excludes halogenated alkanes) is 3. The van der Waals surface area contributed by atoms with Gasteiger partial charge in [-0.2, -0.15) is 0 Å². The Kier molecular flexibility index (Phi) is 8.41. The lowest BCUT2D eigenvalue weighted by atomic mass is 9.87. The van der Waals surface area contributed by atoms with Crippen molar-refractivity contribution in [2.75, 3.05) is 6.54 Å². The van der Waals surface area contributed by atoms with Gasteiger partial charge in [-0.05, 0) is 50.5 Å². The second-order valence-corrected chi connectivity index (χ2v) is 6.06. The molecule has 1 fully saturated rings. The number of hydrogen-bond acceptors (Lipinski definition) is 1. The molecule has 1 N–H and O–H groups in total. The predicted molar refractivity (Wildman–Crippen MR) is 81.9 cm³/mol. The molecule has 0 aromatic heterocycles. The highest BCUT2D eigenvalue weighted by Gasteiger charge is 2.29. The first kappa shape index (κ1) is 15.8. The normalized spacial score (nSPS) is 25.2. The molecule has 0 saturated heterocycles. The van der Waals surface area contributed by atoms with Crippen LogP contribution >= 0.6 is 0 Å². The number of rotatable bonds is 10. The Morgan fingerprint density at radius 2 is 2.11 bits per heavy atom. The van der Waals surface area contributed by atoms with Crippen molar-refractivity contribution in [1.82, 2.24) is 5.32 Å². The van der Waals surface area contributed by atoms with E-state index >= 15 is 0 Å². The molecule has 0 heterocycles. The summed E-state index contributed by atoms with van der Waals surface area (Å²) in [7, 11) is 0. The summed E-state index contributed by atoms with van der Waals surface area (Å²) in [5.74, 6) is 1.88. The van der Waals surface area contributed by atoms with Crippen molar-refractivity contribution >= 4 is 0 Å². The van der Waals surface area contributed by atoms with Crippen LogP contribution in [0.15, 0.2) is 12.7 Å². The van der Waals surface area contributed by atoms with E-state index in [-0.39, 0.29) is 0 Å². The van der Waals surface area contributed by atoms with E-state index in [1.807, 2.05) is 6.08 Å². The highest BCUT2D eigenvalue weighted by atomic mass is 14.9. The van der Waals surface area contributed by atoms with Gasteiger partial charge in [-0.3, -0.25) is 0 Å². The number of allylic oxidation sites excluding steroid dienone is 1. The topological polar surface area (TPSA) is 12.0 Å². The fourth-order valence-electron chi connectivity index (χ4n) is 3.40. The molecule has 106 valence electrons. The second-order valence-electron chi connectivity index (χ2n) is 6.06. The monoisotopic (exact) mass is 251 g/mol. The van der Waals surface area contributed by atoms with Gasteiger partial charge in [0, 0.05) is 6.04 Å². The van der Waals surface area contributed by atoms with Gasteiger partial charge in [0.25, 0.3) is 0 Å². The molecule has 1 saturated carbocycles. The fraction of sp³-hybridized carbons (Fsp3) is 0.882. The fourth-order valence-corrected chi connectivity index (χ4v) is 3.40. The molecule has 0 aliphatic heterocycles. The van der Waals surface area contributed by atoms with Crippen LogP contribution in [0.1, 0.15) is 71.6 Å². The average molecular weight is 251 g/mol. The van der Waals surface area contributed by atoms with Crippen LogP contribution in [0.2, 0.25) is 0 Å². The summed E-state index contributed by atoms with van der Waals surface area (Å²) in [6.45, 7) is 9.71. The Hall–Kier alpha value is -0.300. The first-order chi connectivity index (χ1) is 8.79. The molecule has 1 aliphatic carbocycles. The maximum Gasteiger partial charge on any atom is 0.00978 e. The van der Waals surface area contributed by atoms with Gasteiger partial charge in [0.1, 0.15) is 0 Å². The zero-order valence-corrected chi connectivity index (χ0v) is 12.6. The van der Waals surface area contributed by atoms with Crippen molar-refractivity contribution in [1.29, 1.82) is 0 Å². The van der Waals surface area contributed by atoms with Gasteiger partial charge < -0.3 is 5.32 Å². The van der Waals surface area contributed by atoms with E-state index in [4.69, 9.17) is 0 Å². The standard InChI is InChI=1S/C17H33N/c1-4-6-7-8-9-13-17(18-14-5-2)16-12-10-11-15(16)3/h4,15-18H,1,5-14H2,2-3H3. The van der Waals surface area contributed by atoms with Crippen LogP contribution in [-0.4, -0.2) is 12.6 Å². The highest BCUT2D eigenvalue weighted by molar-refractivity contribution is 4.84. The van der Waals surface area contributed by atoms with Gasteiger partial charge in [-0.25, -0.2) is 0 Å². The van der Waals surface area contributed by atoms with E-state index in [1.54, 1.807) is 0 Å². The van der Waals surface area contributed by atoms with Gasteiger partial charge in [-0.1, -0.05) is 45.6 Å². The van der Waals surface area contributed by atoms with Crippen molar-refractivity contribution < 1.29 is 0 Å². The third-order valence-corrected chi connectivity index (χ3v) is 4.52. The number of nitrogens with one attached hydrogen (secondary N) is 1. The zero-order valence-electron chi connectivity index (χ0n) is 12.6. The minimum atomic E-state index is 0.784. The van der Waals surface area contributed by atoms with E-state index in [0.29, 0.717) is 0 Å². The summed E-state index contributed by atoms with van der Waals surface area (Å²) >= 11 is 0. The lowest BCUT2D eigenvalue weighted by Gasteiger charge is -2.28. The predicted octanol–water partition coefficient (Wildman–Crippen LogP) is 4.93. The molecule has 18 heavy (non-hydrogen) atoms. The maximum atomic E-state index is 3.81. The summed E-state index contributed by atoms with van der Waals surface area (Å²) in [4.78, 5) is 0. The minimum absolute atomic E-state index is 0.784. The van der Waals surface area contributed by atoms with Crippen LogP contribution in [0.25, 0.3) is 0 Å². The molecule has 1 rings (SSSR count). The first-order valence-electron chi connectivity index (χ1n) is 8.13. The van der Waals surface area contributed by atoms with E-state index < -0.39 is 0 Å². The minimum Gasteiger partial charge on any atom is -0.314 e. The van der Waals surface area contributed by atoms with Gasteiger partial charge in [0.2, 0.25) is 0 Å². The molecule has 0 bridgehead atoms. The first-order valence-corrected chi connectivity index (χ1v) is 8.13. The molecule has 1 heteroatoms. The Labute approximate surface area is 114 Å². The highest BCUT2D eigenvalue weighted by Crippen LogP contribution is 2.35. The Bertz CT molecular complexity index is 212. The molecule has 0 radical (unpaired) electrons. The van der Waals surface area contributed by atoms with Crippen LogP contribution < -0.4 is 5.32 Å². The van der Waals surface area contributed by atoms with Gasteiger partial charge in [-0.15, -0.1) is 6.58 Å². The summed E-state index contributed by atoms with van der Waals surface area (Å²) in [5, 5.41) is 3.81. The molecular weight excluding hydrogens is 218 g/mol. The number of hydrogen-bond donors (Lipinski definition) is 1. The van der Waals surface area contributed by atoms with Crippen LogP contribution in [0.3, 0.4) is 0 Å². The van der Waals surface area contributed by atoms with Crippen LogP contribution in [0.5, 0.6) is 0 Å². The molecular formula is C17H33N. The summed E-state index contributed by atoms with van der Waals surface area (Å²) in [5.41, 5.74) is 0. The Morgan fingerprint density at radius 1 is 1.28 bits per heavy atom. The molecule has 3 atom stereocenters. The van der Waals surface area contributed by atoms with Crippen molar-refractivity contribution in [2.24, 2.45) is 11.8 Å². The zero-order chi connectivity index (χ0) is 13.2. The summed E-state index contributed by atoms with van der Waals surface area (Å²) in [6.07, 6.45) is 14.3. The van der Waals surface area contributed by atoms with Crippen LogP contribution in [0, 0.1) is 11.8 Å². The molecule has 0 spiro atoms. The summed E-state index contributed by atoms with van der Waals surface area (Å²) in [6, 6.07) is 0.784. The molecule has 0 aromatic rings. The van der Waals surface area contributed by atoms with Crippen molar-refractivity contribution in [2.45, 2.75) is 77.7 Å². The maximum absolute atomic E-state index is 3.81. The van der Waals surface area contributed by atoms with Crippen molar-refractivity contribution in [3.63, 3.8) is 0 Å². The van der Waals surface area contributed by atoms with Crippen molar-refractivity contribution in [3.8, 4) is 0 Å². The third kappa shape index (κ3) is 5.56. The largest absolute Gasteiger partial charge is 0.314 e. The van der Waals surface area contributed by atoms with Gasteiger partial charge >= 0.3 is 0 Å². The average Bonchev–Trinajstić information content (AvgIpc) is 2.79. The molecule has 0 amide bonds. The van der Waals surface area contributed by atoms with E-state index in [0.717, 1.165) is 17.9 Å². The van der Waals surface area contributed by atoms with Crippen LogP contribution in [0.4, 0.5) is 0 Å². The smallest absolute Gasteiger partial charge is 0.00978 e. The second kappa shape index (κ2) is 9.61. The lowest BCUT2D eigenvalue weighted by Crippen LogP contribution is -2.37. The van der Waals surface area contributed by atoms with Gasteiger partial charge in [0.05, 0.1) is 0 Å². The molecule has 1 nitrogen and oxygen atoms in total. The van der Waals surface area contributed by atoms with E-state index in [2.05, 4.69) is 25.7 Å². The molecule has 0 aromatic carbocycles. The lowest BCUT2D eigenvalue weighted by molar-refractivity contribution is 0.278. The Balaban J connectivity index is 2.28. The van der Waals surface area contributed by atoms with Gasteiger partial charge in [0.15, 0.2) is 0 Å². The van der Waals surface area contributed by atoms with E-state index in [9.17, 15) is 0 Å². The summed E-state index contributed by atoms with van der Waals surface area (Å²) < 4.78 is 0. The quantitative estimate of drug-likeness (QED) is 0.429. The third-order valence-electron chi connectivity index (χ3n) is 4.52. The molecule has 3 unspecified atom stereocenters. The van der Waals surface area contributed by atoms with Crippen molar-refractivity contribution in [3.05, 3.63) is 12.7 Å². The SMILES string of the molecule is C=CCCCCCC(NCCC)C1CCCC1C. The van der Waals surface area contributed by atoms with Crippen LogP contribution in [-0.2, 0) is 0 Å². The Morgan fingerprint density at radius 3 is 2.72 bits per heavy atom. The van der Waals surface area contributed by atoms with E-state index in [1.165, 1.54) is 64.3 Å². The molecule has 1 aliphatic rings.